The van der Waals surface area contributed by atoms with Crippen molar-refractivity contribution in [2.75, 3.05) is 7.11 Å². The molecular weight excluding hydrogens is 279 g/mol. The number of pyridine rings is 1. The van der Waals surface area contributed by atoms with Gasteiger partial charge in [-0.2, -0.15) is 0 Å². The average Bonchev–Trinajstić information content (AvgIpc) is 2.67. The van der Waals surface area contributed by atoms with Gasteiger partial charge in [0.05, 0.1) is 24.4 Å². The quantitative estimate of drug-likeness (QED) is 0.658. The summed E-state index contributed by atoms with van der Waals surface area (Å²) in [4.78, 5) is 4.35. The van der Waals surface area contributed by atoms with E-state index in [0.29, 0.717) is 12.2 Å². The fourth-order valence-corrected chi connectivity index (χ4v) is 2.22. The lowest BCUT2D eigenvalue weighted by Crippen LogP contribution is -2.41. The van der Waals surface area contributed by atoms with Crippen LogP contribution in [0.2, 0.25) is 0 Å². The summed E-state index contributed by atoms with van der Waals surface area (Å²) < 4.78 is 17.2. The van der Waals surface area contributed by atoms with Crippen LogP contribution in [0.1, 0.15) is 33.4 Å². The van der Waals surface area contributed by atoms with Gasteiger partial charge >= 0.3 is 7.12 Å². The number of hydrogen-bond donors (Lipinski definition) is 1. The summed E-state index contributed by atoms with van der Waals surface area (Å²) in [6.45, 7) is 11.9. The summed E-state index contributed by atoms with van der Waals surface area (Å²) in [5.41, 5.74) is 7.11. The van der Waals surface area contributed by atoms with Crippen LogP contribution in [-0.4, -0.2) is 36.5 Å². The van der Waals surface area contributed by atoms with Gasteiger partial charge in [-0.25, -0.2) is 0 Å². The Morgan fingerprint density at radius 2 is 1.95 bits per heavy atom. The second-order valence-electron chi connectivity index (χ2n) is 6.65. The van der Waals surface area contributed by atoms with E-state index in [9.17, 15) is 0 Å². The normalized spacial score (nSPS) is 20.7. The van der Waals surface area contributed by atoms with Crippen LogP contribution >= 0.6 is 0 Å². The molecule has 5 nitrogen and oxygen atoms in total. The van der Waals surface area contributed by atoms with Gasteiger partial charge in [-0.15, -0.1) is 0 Å². The highest BCUT2D eigenvalue weighted by Gasteiger charge is 2.51. The predicted octanol–water partition coefficient (Wildman–Crippen LogP) is 1.41. The van der Waals surface area contributed by atoms with Crippen LogP contribution in [0.25, 0.3) is 0 Å². The van der Waals surface area contributed by atoms with Crippen molar-refractivity contribution in [3.05, 3.63) is 36.4 Å². The Kier molecular flexibility index (Phi) is 4.66. The van der Waals surface area contributed by atoms with Crippen molar-refractivity contribution >= 4 is 12.6 Å². The molecule has 2 N–H and O–H groups in total. The fourth-order valence-electron chi connectivity index (χ4n) is 2.22. The maximum Gasteiger partial charge on any atom is 0.494 e. The zero-order valence-corrected chi connectivity index (χ0v) is 14.1. The molecule has 120 valence electrons. The SMILES string of the molecule is C=C(OC)C(N)Cc1cc(B2OC(C)(C)C(C)(C)O2)ccn1. The Bertz CT molecular complexity index is 544. The van der Waals surface area contributed by atoms with Crippen molar-refractivity contribution in [1.29, 1.82) is 0 Å². The van der Waals surface area contributed by atoms with E-state index in [1.54, 1.807) is 13.3 Å². The van der Waals surface area contributed by atoms with E-state index in [-0.39, 0.29) is 17.2 Å². The molecule has 6 heteroatoms. The van der Waals surface area contributed by atoms with Crippen LogP contribution in [0.5, 0.6) is 0 Å². The lowest BCUT2D eigenvalue weighted by atomic mass is 9.79. The van der Waals surface area contributed by atoms with E-state index in [0.717, 1.165) is 11.2 Å². The molecule has 1 aromatic heterocycles. The number of hydrogen-bond acceptors (Lipinski definition) is 5. The maximum atomic E-state index is 6.06. The number of rotatable bonds is 5. The van der Waals surface area contributed by atoms with E-state index < -0.39 is 7.12 Å². The molecule has 1 saturated heterocycles. The maximum absolute atomic E-state index is 6.06. The van der Waals surface area contributed by atoms with E-state index >= 15 is 0 Å². The van der Waals surface area contributed by atoms with Crippen LogP contribution in [0.15, 0.2) is 30.7 Å². The van der Waals surface area contributed by atoms with Gasteiger partial charge in [-0.05, 0) is 45.3 Å². The molecule has 1 atom stereocenters. The minimum absolute atomic E-state index is 0.286. The molecule has 2 heterocycles. The summed E-state index contributed by atoms with van der Waals surface area (Å²) in [5.74, 6) is 0.544. The smallest absolute Gasteiger partial charge is 0.494 e. The van der Waals surface area contributed by atoms with Crippen molar-refractivity contribution in [3.8, 4) is 0 Å². The van der Waals surface area contributed by atoms with Gasteiger partial charge in [0.1, 0.15) is 5.76 Å². The van der Waals surface area contributed by atoms with Crippen LogP contribution in [0.3, 0.4) is 0 Å². The van der Waals surface area contributed by atoms with Crippen molar-refractivity contribution in [2.24, 2.45) is 5.73 Å². The first-order chi connectivity index (χ1) is 10.2. The van der Waals surface area contributed by atoms with Gasteiger partial charge in [-0.1, -0.05) is 6.58 Å². The Morgan fingerprint density at radius 3 is 2.50 bits per heavy atom. The molecule has 0 radical (unpaired) electrons. The molecule has 1 aliphatic heterocycles. The molecule has 0 saturated carbocycles. The first-order valence-corrected chi connectivity index (χ1v) is 7.45. The van der Waals surface area contributed by atoms with Gasteiger partial charge in [-0.3, -0.25) is 4.98 Å². The van der Waals surface area contributed by atoms with Gasteiger partial charge in [0.2, 0.25) is 0 Å². The van der Waals surface area contributed by atoms with Gasteiger partial charge in [0.15, 0.2) is 0 Å². The molecule has 0 aromatic carbocycles. The fraction of sp³-hybridized carbons (Fsp3) is 0.562. The molecule has 1 unspecified atom stereocenters. The summed E-state index contributed by atoms with van der Waals surface area (Å²) in [5, 5.41) is 0. The lowest BCUT2D eigenvalue weighted by Gasteiger charge is -2.32. The van der Waals surface area contributed by atoms with Gasteiger partial charge in [0, 0.05) is 18.3 Å². The first-order valence-electron chi connectivity index (χ1n) is 7.45. The Hall–Kier alpha value is -1.37. The van der Waals surface area contributed by atoms with E-state index in [1.807, 2.05) is 39.8 Å². The Balaban J connectivity index is 2.15. The highest BCUT2D eigenvalue weighted by Crippen LogP contribution is 2.36. The molecule has 0 spiro atoms. The molecular formula is C16H25BN2O3. The highest BCUT2D eigenvalue weighted by atomic mass is 16.7. The predicted molar refractivity (Wildman–Crippen MR) is 87.8 cm³/mol. The Labute approximate surface area is 133 Å². The lowest BCUT2D eigenvalue weighted by molar-refractivity contribution is 0.00578. The van der Waals surface area contributed by atoms with Crippen molar-refractivity contribution < 1.29 is 14.0 Å². The molecule has 0 bridgehead atoms. The number of nitrogens with two attached hydrogens (primary N) is 1. The minimum Gasteiger partial charge on any atom is -0.500 e. The molecule has 0 aliphatic carbocycles. The van der Waals surface area contributed by atoms with Crippen molar-refractivity contribution in [2.45, 2.75) is 51.4 Å². The second-order valence-corrected chi connectivity index (χ2v) is 6.65. The molecule has 1 fully saturated rings. The third-order valence-corrected chi connectivity index (χ3v) is 4.47. The largest absolute Gasteiger partial charge is 0.500 e. The molecule has 2 rings (SSSR count). The second kappa shape index (κ2) is 6.03. The third-order valence-electron chi connectivity index (χ3n) is 4.47. The summed E-state index contributed by atoms with van der Waals surface area (Å²) in [6.07, 6.45) is 2.30. The van der Waals surface area contributed by atoms with E-state index in [2.05, 4.69) is 11.6 Å². The van der Waals surface area contributed by atoms with Crippen LogP contribution in [0.4, 0.5) is 0 Å². The first kappa shape index (κ1) is 17.0. The zero-order chi connectivity index (χ0) is 16.5. The van der Waals surface area contributed by atoms with Gasteiger partial charge in [0.25, 0.3) is 0 Å². The topological polar surface area (TPSA) is 66.6 Å². The third kappa shape index (κ3) is 3.34. The molecule has 22 heavy (non-hydrogen) atoms. The van der Waals surface area contributed by atoms with Crippen molar-refractivity contribution in [3.63, 3.8) is 0 Å². The minimum atomic E-state index is -0.395. The van der Waals surface area contributed by atoms with Crippen LogP contribution in [-0.2, 0) is 20.5 Å². The van der Waals surface area contributed by atoms with Crippen LogP contribution in [0, 0.1) is 0 Å². The van der Waals surface area contributed by atoms with E-state index in [1.165, 1.54) is 0 Å². The molecule has 1 aliphatic rings. The van der Waals surface area contributed by atoms with Gasteiger partial charge < -0.3 is 19.8 Å². The summed E-state index contributed by atoms with van der Waals surface area (Å²) in [7, 11) is 1.17. The molecule has 0 amide bonds. The molecule has 1 aromatic rings. The number of ether oxygens (including phenoxy) is 1. The number of aromatic nitrogens is 1. The van der Waals surface area contributed by atoms with E-state index in [4.69, 9.17) is 19.8 Å². The number of methoxy groups -OCH3 is 1. The number of nitrogens with zero attached hydrogens (tertiary/aromatic N) is 1. The standard InChI is InChI=1S/C16H25BN2O3/c1-11(20-6)14(18)10-13-9-12(7-8-19-13)17-21-15(2,3)16(4,5)22-17/h7-9,14H,1,10,18H2,2-6H3. The average molecular weight is 304 g/mol. The van der Waals surface area contributed by atoms with Crippen molar-refractivity contribution in [1.82, 2.24) is 4.98 Å². The summed E-state index contributed by atoms with van der Waals surface area (Å²) >= 11 is 0. The highest BCUT2D eigenvalue weighted by molar-refractivity contribution is 6.62. The summed E-state index contributed by atoms with van der Waals surface area (Å²) in [6, 6.07) is 3.58. The monoisotopic (exact) mass is 304 g/mol. The van der Waals surface area contributed by atoms with Crippen LogP contribution < -0.4 is 11.2 Å². The zero-order valence-electron chi connectivity index (χ0n) is 14.1. The Morgan fingerprint density at radius 1 is 1.36 bits per heavy atom.